The molecule has 0 aromatic carbocycles. The van der Waals surface area contributed by atoms with Crippen molar-refractivity contribution in [1.82, 2.24) is 0 Å². The van der Waals surface area contributed by atoms with Crippen molar-refractivity contribution in [2.75, 3.05) is 0 Å². The maximum absolute atomic E-state index is 10.5. The monoisotopic (exact) mass is 369 g/mol. The Morgan fingerprint density at radius 2 is 2.25 bits per heavy atom. The first-order chi connectivity index (χ1) is 7.40. The van der Waals surface area contributed by atoms with Gasteiger partial charge in [0.05, 0.1) is 3.79 Å². The largest absolute Gasteiger partial charge is 0.481 e. The van der Waals surface area contributed by atoms with Crippen LogP contribution in [0.25, 0.3) is 0 Å². The third-order valence-electron chi connectivity index (χ3n) is 2.21. The van der Waals surface area contributed by atoms with Crippen LogP contribution < -0.4 is 5.73 Å². The second kappa shape index (κ2) is 6.14. The minimum absolute atomic E-state index is 0.0900. The molecule has 0 aliphatic carbocycles. The number of thiophene rings is 1. The van der Waals surface area contributed by atoms with Gasteiger partial charge in [-0.15, -0.1) is 11.3 Å². The lowest BCUT2D eigenvalue weighted by molar-refractivity contribution is -0.138. The number of rotatable bonds is 5. The van der Waals surface area contributed by atoms with E-state index in [-0.39, 0.29) is 18.4 Å². The second-order valence-electron chi connectivity index (χ2n) is 3.82. The van der Waals surface area contributed by atoms with Crippen molar-refractivity contribution in [2.45, 2.75) is 25.8 Å². The van der Waals surface area contributed by atoms with E-state index in [1.807, 2.05) is 13.0 Å². The minimum atomic E-state index is -0.770. The van der Waals surface area contributed by atoms with Gasteiger partial charge >= 0.3 is 5.97 Å². The van der Waals surface area contributed by atoms with Gasteiger partial charge in [0.15, 0.2) is 0 Å². The highest BCUT2D eigenvalue weighted by Gasteiger charge is 2.16. The molecule has 1 aromatic rings. The Kier molecular flexibility index (Phi) is 5.43. The number of carbonyl (C=O) groups is 1. The maximum atomic E-state index is 10.5. The zero-order valence-corrected chi connectivity index (χ0v) is 12.7. The van der Waals surface area contributed by atoms with Gasteiger partial charge < -0.3 is 10.8 Å². The Balaban J connectivity index is 2.58. The van der Waals surface area contributed by atoms with Crippen molar-refractivity contribution in [3.63, 3.8) is 0 Å². The van der Waals surface area contributed by atoms with Gasteiger partial charge in [0.2, 0.25) is 0 Å². The molecule has 16 heavy (non-hydrogen) atoms. The lowest BCUT2D eigenvalue weighted by atomic mass is 9.98. The van der Waals surface area contributed by atoms with Gasteiger partial charge in [0.1, 0.15) is 0 Å². The Morgan fingerprint density at radius 3 is 2.69 bits per heavy atom. The number of nitrogens with two attached hydrogens (primary N) is 1. The standard InChI is InChI=1S/C10H13Br2NO2S/c1-5(3-9(14)15)2-7(13)8-4-6(11)10(12)16-8/h4-5,7H,2-3,13H2,1H3,(H,14,15). The highest BCUT2D eigenvalue weighted by atomic mass is 79.9. The smallest absolute Gasteiger partial charge is 0.303 e. The van der Waals surface area contributed by atoms with Crippen LogP contribution in [0.3, 0.4) is 0 Å². The summed E-state index contributed by atoms with van der Waals surface area (Å²) in [6.45, 7) is 1.91. The van der Waals surface area contributed by atoms with Crippen LogP contribution in [0.5, 0.6) is 0 Å². The average Bonchev–Trinajstić information content (AvgIpc) is 2.45. The predicted octanol–water partition coefficient (Wildman–Crippen LogP) is 3.77. The minimum Gasteiger partial charge on any atom is -0.481 e. The zero-order valence-electron chi connectivity index (χ0n) is 8.74. The zero-order chi connectivity index (χ0) is 12.3. The predicted molar refractivity (Wildman–Crippen MR) is 72.7 cm³/mol. The molecule has 0 amide bonds. The van der Waals surface area contributed by atoms with Crippen LogP contribution in [0.2, 0.25) is 0 Å². The van der Waals surface area contributed by atoms with Crippen LogP contribution in [0.15, 0.2) is 14.3 Å². The molecule has 2 atom stereocenters. The fourth-order valence-corrected chi connectivity index (χ4v) is 3.58. The van der Waals surface area contributed by atoms with Gasteiger partial charge in [0.25, 0.3) is 0 Å². The number of hydrogen-bond acceptors (Lipinski definition) is 3. The molecule has 0 saturated carbocycles. The topological polar surface area (TPSA) is 63.3 Å². The summed E-state index contributed by atoms with van der Waals surface area (Å²) in [6.07, 6.45) is 0.854. The highest BCUT2D eigenvalue weighted by molar-refractivity contribution is 9.13. The molecule has 0 spiro atoms. The first-order valence-electron chi connectivity index (χ1n) is 4.82. The van der Waals surface area contributed by atoms with E-state index in [0.29, 0.717) is 6.42 Å². The molecule has 0 radical (unpaired) electrons. The molecular formula is C10H13Br2NO2S. The third-order valence-corrected chi connectivity index (χ3v) is 5.60. The van der Waals surface area contributed by atoms with E-state index in [2.05, 4.69) is 31.9 Å². The van der Waals surface area contributed by atoms with E-state index in [1.165, 1.54) is 0 Å². The molecule has 0 aliphatic rings. The Hall–Kier alpha value is 0.0900. The summed E-state index contributed by atoms with van der Waals surface area (Å²) in [5.41, 5.74) is 6.03. The number of aliphatic carboxylic acids is 1. The molecule has 3 N–H and O–H groups in total. The number of carboxylic acids is 1. The Bertz CT molecular complexity index is 361. The number of hydrogen-bond donors (Lipinski definition) is 2. The fraction of sp³-hybridized carbons (Fsp3) is 0.500. The molecule has 2 unspecified atom stereocenters. The lowest BCUT2D eigenvalue weighted by Gasteiger charge is -2.14. The van der Waals surface area contributed by atoms with Crippen LogP contribution >= 0.6 is 43.2 Å². The summed E-state index contributed by atoms with van der Waals surface area (Å²) in [6, 6.07) is 1.88. The first kappa shape index (κ1) is 14.2. The number of carboxylic acid groups (broad SMARTS) is 1. The molecule has 0 bridgehead atoms. The summed E-state index contributed by atoms with van der Waals surface area (Å²) >= 11 is 8.40. The fourth-order valence-electron chi connectivity index (χ4n) is 1.48. The van der Waals surface area contributed by atoms with Crippen molar-refractivity contribution in [3.8, 4) is 0 Å². The van der Waals surface area contributed by atoms with Crippen molar-refractivity contribution >= 4 is 49.2 Å². The van der Waals surface area contributed by atoms with Crippen LogP contribution in [0, 0.1) is 5.92 Å². The second-order valence-corrected chi connectivity index (χ2v) is 7.07. The van der Waals surface area contributed by atoms with Crippen molar-refractivity contribution in [2.24, 2.45) is 11.7 Å². The summed E-state index contributed by atoms with van der Waals surface area (Å²) in [4.78, 5) is 11.6. The van der Waals surface area contributed by atoms with Gasteiger partial charge in [0, 0.05) is 21.8 Å². The summed E-state index contributed by atoms with van der Waals surface area (Å²) < 4.78 is 2.01. The first-order valence-corrected chi connectivity index (χ1v) is 7.22. The van der Waals surface area contributed by atoms with Gasteiger partial charge in [-0.05, 0) is 50.3 Å². The molecule has 1 aromatic heterocycles. The van der Waals surface area contributed by atoms with Crippen molar-refractivity contribution in [1.29, 1.82) is 0 Å². The van der Waals surface area contributed by atoms with Crippen molar-refractivity contribution in [3.05, 3.63) is 19.2 Å². The van der Waals surface area contributed by atoms with Gasteiger partial charge in [-0.2, -0.15) is 0 Å². The summed E-state index contributed by atoms with van der Waals surface area (Å²) in [5.74, 6) is -0.680. The SMILES string of the molecule is CC(CC(=O)O)CC(N)c1cc(Br)c(Br)s1. The third kappa shape index (κ3) is 4.16. The molecule has 0 saturated heterocycles. The average molecular weight is 371 g/mol. The van der Waals surface area contributed by atoms with E-state index >= 15 is 0 Å². The molecule has 0 aliphatic heterocycles. The molecule has 3 nitrogen and oxygen atoms in total. The maximum Gasteiger partial charge on any atom is 0.303 e. The van der Waals surface area contributed by atoms with Crippen LogP contribution in [0.1, 0.15) is 30.7 Å². The Morgan fingerprint density at radius 1 is 1.62 bits per heavy atom. The van der Waals surface area contributed by atoms with Crippen LogP contribution in [-0.2, 0) is 4.79 Å². The molecule has 0 fully saturated rings. The van der Waals surface area contributed by atoms with Crippen molar-refractivity contribution < 1.29 is 9.90 Å². The summed E-state index contributed by atoms with van der Waals surface area (Å²) in [7, 11) is 0. The molecule has 90 valence electrons. The van der Waals surface area contributed by atoms with E-state index in [0.717, 1.165) is 13.1 Å². The van der Waals surface area contributed by atoms with E-state index in [9.17, 15) is 4.79 Å². The highest BCUT2D eigenvalue weighted by Crippen LogP contribution is 2.36. The molecular weight excluding hydrogens is 358 g/mol. The van der Waals surface area contributed by atoms with E-state index in [4.69, 9.17) is 10.8 Å². The van der Waals surface area contributed by atoms with Crippen LogP contribution in [0.4, 0.5) is 0 Å². The van der Waals surface area contributed by atoms with Crippen LogP contribution in [-0.4, -0.2) is 11.1 Å². The Labute approximate surface area is 115 Å². The van der Waals surface area contributed by atoms with Gasteiger partial charge in [-0.3, -0.25) is 4.79 Å². The van der Waals surface area contributed by atoms with E-state index in [1.54, 1.807) is 11.3 Å². The quantitative estimate of drug-likeness (QED) is 0.828. The van der Waals surface area contributed by atoms with E-state index < -0.39 is 5.97 Å². The van der Waals surface area contributed by atoms with Gasteiger partial charge in [-0.1, -0.05) is 6.92 Å². The van der Waals surface area contributed by atoms with Gasteiger partial charge in [-0.25, -0.2) is 0 Å². The lowest BCUT2D eigenvalue weighted by Crippen LogP contribution is -2.15. The molecule has 6 heteroatoms. The normalized spacial score (nSPS) is 14.8. The molecule has 1 rings (SSSR count). The summed E-state index contributed by atoms with van der Waals surface area (Å²) in [5, 5.41) is 8.66. The molecule has 1 heterocycles. The number of halogens is 2.